The molecule has 0 bridgehead atoms. The molecule has 3 rings (SSSR count). The van der Waals surface area contributed by atoms with Gasteiger partial charge in [-0.2, -0.15) is 0 Å². The van der Waals surface area contributed by atoms with Gasteiger partial charge >= 0.3 is 0 Å². The fourth-order valence-electron chi connectivity index (χ4n) is 2.90. The molecule has 2 heterocycles. The first-order valence-corrected chi connectivity index (χ1v) is 7.38. The number of aromatic nitrogens is 2. The molecule has 0 aliphatic carbocycles. The Bertz CT molecular complexity index is 569. The highest BCUT2D eigenvalue weighted by Gasteiger charge is 2.20. The van der Waals surface area contributed by atoms with Crippen LogP contribution in [0.2, 0.25) is 0 Å². The lowest BCUT2D eigenvalue weighted by molar-refractivity contribution is 0.255. The molecular weight excluding hydrogens is 250 g/mol. The van der Waals surface area contributed by atoms with Crippen molar-refractivity contribution in [1.82, 2.24) is 14.5 Å². The summed E-state index contributed by atoms with van der Waals surface area (Å²) in [6.45, 7) is 6.19. The van der Waals surface area contributed by atoms with Crippen LogP contribution in [0.5, 0.6) is 0 Å². The minimum atomic E-state index is 0.783. The normalized spacial score (nSPS) is 17.0. The van der Waals surface area contributed by atoms with Gasteiger partial charge in [-0.25, -0.2) is 4.98 Å². The molecule has 0 atom stereocenters. The Balaban J connectivity index is 1.72. The maximum absolute atomic E-state index is 5.58. The summed E-state index contributed by atoms with van der Waals surface area (Å²) in [6, 6.07) is 8.32. The van der Waals surface area contributed by atoms with Crippen LogP contribution in [-0.4, -0.2) is 53.7 Å². The number of piperazine rings is 1. The Morgan fingerprint density at radius 1 is 1.15 bits per heavy atom. The molecule has 2 aromatic rings. The molecular formula is C15H23N5. The van der Waals surface area contributed by atoms with E-state index < -0.39 is 0 Å². The van der Waals surface area contributed by atoms with Crippen molar-refractivity contribution in [2.45, 2.75) is 6.42 Å². The van der Waals surface area contributed by atoms with Crippen molar-refractivity contribution in [2.24, 2.45) is 12.8 Å². The lowest BCUT2D eigenvalue weighted by Crippen LogP contribution is -2.47. The predicted octanol–water partition coefficient (Wildman–Crippen LogP) is 1.04. The van der Waals surface area contributed by atoms with E-state index in [-0.39, 0.29) is 0 Å². The van der Waals surface area contributed by atoms with Gasteiger partial charge in [0.15, 0.2) is 0 Å². The van der Waals surface area contributed by atoms with E-state index in [1.165, 1.54) is 5.52 Å². The zero-order valence-corrected chi connectivity index (χ0v) is 12.1. The Hall–Kier alpha value is -1.59. The molecule has 5 nitrogen and oxygen atoms in total. The molecule has 0 spiro atoms. The van der Waals surface area contributed by atoms with Crippen molar-refractivity contribution in [3.63, 3.8) is 0 Å². The van der Waals surface area contributed by atoms with Gasteiger partial charge in [-0.3, -0.25) is 4.90 Å². The SMILES string of the molecule is Cn1c(N2CCN(CCCN)CC2)nc2ccccc21. The third-order valence-electron chi connectivity index (χ3n) is 4.10. The van der Waals surface area contributed by atoms with Gasteiger partial charge in [0.25, 0.3) is 0 Å². The molecule has 20 heavy (non-hydrogen) atoms. The molecule has 1 aliphatic rings. The van der Waals surface area contributed by atoms with E-state index in [0.717, 1.165) is 57.2 Å². The summed E-state index contributed by atoms with van der Waals surface area (Å²) in [4.78, 5) is 9.65. The third kappa shape index (κ3) is 2.51. The van der Waals surface area contributed by atoms with Crippen LogP contribution in [0, 0.1) is 0 Å². The van der Waals surface area contributed by atoms with Crippen LogP contribution in [0.25, 0.3) is 11.0 Å². The predicted molar refractivity (Wildman–Crippen MR) is 83.0 cm³/mol. The number of fused-ring (bicyclic) bond motifs is 1. The van der Waals surface area contributed by atoms with E-state index in [2.05, 4.69) is 39.6 Å². The van der Waals surface area contributed by atoms with Crippen molar-refractivity contribution < 1.29 is 0 Å². The van der Waals surface area contributed by atoms with Gasteiger partial charge in [0.05, 0.1) is 11.0 Å². The number of benzene rings is 1. The summed E-state index contributed by atoms with van der Waals surface area (Å²) >= 11 is 0. The largest absolute Gasteiger partial charge is 0.340 e. The number of rotatable bonds is 4. The standard InChI is InChI=1S/C15H23N5/c1-18-14-6-3-2-5-13(14)17-15(18)20-11-9-19(10-12-20)8-4-7-16/h2-3,5-6H,4,7-12,16H2,1H3. The average Bonchev–Trinajstić information content (AvgIpc) is 2.83. The van der Waals surface area contributed by atoms with Gasteiger partial charge in [-0.1, -0.05) is 12.1 Å². The monoisotopic (exact) mass is 273 g/mol. The second-order valence-corrected chi connectivity index (χ2v) is 5.43. The van der Waals surface area contributed by atoms with Crippen LogP contribution < -0.4 is 10.6 Å². The van der Waals surface area contributed by atoms with Crippen LogP contribution in [0.1, 0.15) is 6.42 Å². The van der Waals surface area contributed by atoms with E-state index in [4.69, 9.17) is 10.7 Å². The zero-order chi connectivity index (χ0) is 13.9. The zero-order valence-electron chi connectivity index (χ0n) is 12.1. The van der Waals surface area contributed by atoms with Crippen molar-refractivity contribution in [2.75, 3.05) is 44.2 Å². The average molecular weight is 273 g/mol. The van der Waals surface area contributed by atoms with E-state index in [9.17, 15) is 0 Å². The molecule has 1 aliphatic heterocycles. The summed E-state index contributed by atoms with van der Waals surface area (Å²) in [5.41, 5.74) is 7.86. The maximum Gasteiger partial charge on any atom is 0.206 e. The number of hydrogen-bond donors (Lipinski definition) is 1. The minimum absolute atomic E-state index is 0.783. The number of anilines is 1. The van der Waals surface area contributed by atoms with Gasteiger partial charge in [0, 0.05) is 33.2 Å². The third-order valence-corrected chi connectivity index (χ3v) is 4.10. The van der Waals surface area contributed by atoms with E-state index in [1.807, 2.05) is 6.07 Å². The molecule has 1 aromatic heterocycles. The number of nitrogens with zero attached hydrogens (tertiary/aromatic N) is 4. The number of aryl methyl sites for hydroxylation is 1. The van der Waals surface area contributed by atoms with Gasteiger partial charge in [-0.15, -0.1) is 0 Å². The fraction of sp³-hybridized carbons (Fsp3) is 0.533. The summed E-state index contributed by atoms with van der Waals surface area (Å²) in [7, 11) is 2.10. The van der Waals surface area contributed by atoms with Gasteiger partial charge in [0.1, 0.15) is 0 Å². The quantitative estimate of drug-likeness (QED) is 0.904. The fourth-order valence-corrected chi connectivity index (χ4v) is 2.90. The lowest BCUT2D eigenvalue weighted by Gasteiger charge is -2.35. The van der Waals surface area contributed by atoms with Crippen LogP contribution in [0.3, 0.4) is 0 Å². The summed E-state index contributed by atoms with van der Waals surface area (Å²) < 4.78 is 2.20. The van der Waals surface area contributed by atoms with Crippen LogP contribution in [0.15, 0.2) is 24.3 Å². The molecule has 5 heteroatoms. The Kier molecular flexibility index (Phi) is 3.89. The number of para-hydroxylation sites is 2. The summed E-state index contributed by atoms with van der Waals surface area (Å²) in [6.07, 6.45) is 1.09. The molecule has 1 saturated heterocycles. The molecule has 108 valence electrons. The summed E-state index contributed by atoms with van der Waals surface area (Å²) in [5, 5.41) is 0. The number of imidazole rings is 1. The van der Waals surface area contributed by atoms with Crippen molar-refractivity contribution in [3.05, 3.63) is 24.3 Å². The Morgan fingerprint density at radius 2 is 1.90 bits per heavy atom. The first kappa shape index (κ1) is 13.4. The highest BCUT2D eigenvalue weighted by atomic mass is 15.3. The van der Waals surface area contributed by atoms with E-state index in [1.54, 1.807) is 0 Å². The van der Waals surface area contributed by atoms with Crippen LogP contribution >= 0.6 is 0 Å². The Morgan fingerprint density at radius 3 is 2.60 bits per heavy atom. The van der Waals surface area contributed by atoms with Crippen LogP contribution in [0.4, 0.5) is 5.95 Å². The lowest BCUT2D eigenvalue weighted by atomic mass is 10.3. The van der Waals surface area contributed by atoms with Crippen LogP contribution in [-0.2, 0) is 7.05 Å². The highest BCUT2D eigenvalue weighted by Crippen LogP contribution is 2.21. The molecule has 2 N–H and O–H groups in total. The highest BCUT2D eigenvalue weighted by molar-refractivity contribution is 5.78. The topological polar surface area (TPSA) is 50.3 Å². The first-order chi connectivity index (χ1) is 9.79. The smallest absolute Gasteiger partial charge is 0.206 e. The maximum atomic E-state index is 5.58. The minimum Gasteiger partial charge on any atom is -0.340 e. The van der Waals surface area contributed by atoms with E-state index >= 15 is 0 Å². The molecule has 1 aromatic carbocycles. The molecule has 1 fully saturated rings. The Labute approximate surface area is 120 Å². The second kappa shape index (κ2) is 5.81. The number of hydrogen-bond acceptors (Lipinski definition) is 4. The molecule has 0 amide bonds. The first-order valence-electron chi connectivity index (χ1n) is 7.38. The molecule has 0 unspecified atom stereocenters. The molecule has 0 radical (unpaired) electrons. The second-order valence-electron chi connectivity index (χ2n) is 5.43. The van der Waals surface area contributed by atoms with Crippen molar-refractivity contribution >= 4 is 17.0 Å². The molecule has 0 saturated carbocycles. The number of nitrogens with two attached hydrogens (primary N) is 1. The van der Waals surface area contributed by atoms with Crippen molar-refractivity contribution in [1.29, 1.82) is 0 Å². The van der Waals surface area contributed by atoms with Gasteiger partial charge in [0.2, 0.25) is 5.95 Å². The van der Waals surface area contributed by atoms with Gasteiger partial charge < -0.3 is 15.2 Å². The van der Waals surface area contributed by atoms with Gasteiger partial charge in [-0.05, 0) is 31.6 Å². The summed E-state index contributed by atoms with van der Waals surface area (Å²) in [5.74, 6) is 1.09. The van der Waals surface area contributed by atoms with Crippen molar-refractivity contribution in [3.8, 4) is 0 Å². The van der Waals surface area contributed by atoms with E-state index in [0.29, 0.717) is 0 Å².